The van der Waals surface area contributed by atoms with Gasteiger partial charge in [-0.25, -0.2) is 4.98 Å². The molecule has 5 nitrogen and oxygen atoms in total. The van der Waals surface area contributed by atoms with Gasteiger partial charge in [0, 0.05) is 28.2 Å². The Hall–Kier alpha value is -3.20. The average Bonchev–Trinajstić information content (AvgIpc) is 3.15. The second kappa shape index (κ2) is 9.52. The van der Waals surface area contributed by atoms with Crippen LogP contribution in [0.25, 0.3) is 10.6 Å². The van der Waals surface area contributed by atoms with Gasteiger partial charge in [-0.1, -0.05) is 12.1 Å². The highest BCUT2D eigenvalue weighted by atomic mass is 32.1. The number of nitrogens with one attached hydrogen (secondary N) is 2. The molecule has 3 rings (SSSR count). The fourth-order valence-corrected chi connectivity index (χ4v) is 3.87. The normalized spacial score (nSPS) is 11.5. The van der Waals surface area contributed by atoms with Crippen LogP contribution in [0.15, 0.2) is 47.8 Å². The van der Waals surface area contributed by atoms with Crippen molar-refractivity contribution >= 4 is 28.8 Å². The Bertz CT molecular complexity index is 1140. The topological polar surface area (TPSA) is 71.1 Å². The highest BCUT2D eigenvalue weighted by molar-refractivity contribution is 7.13. The number of amides is 2. The van der Waals surface area contributed by atoms with E-state index in [-0.39, 0.29) is 24.3 Å². The van der Waals surface area contributed by atoms with E-state index in [4.69, 9.17) is 0 Å². The Kier molecular flexibility index (Phi) is 6.98. The Morgan fingerprint density at radius 2 is 1.88 bits per heavy atom. The Morgan fingerprint density at radius 1 is 1.12 bits per heavy atom. The molecule has 0 aliphatic carbocycles. The molecule has 0 saturated heterocycles. The van der Waals surface area contributed by atoms with E-state index in [1.807, 2.05) is 13.8 Å². The van der Waals surface area contributed by atoms with Gasteiger partial charge in [-0.15, -0.1) is 11.3 Å². The first kappa shape index (κ1) is 23.5. The highest BCUT2D eigenvalue weighted by Crippen LogP contribution is 2.33. The number of thiazole rings is 1. The van der Waals surface area contributed by atoms with Gasteiger partial charge in [0.1, 0.15) is 5.01 Å². The maximum atomic E-state index is 12.9. The average molecular weight is 462 g/mol. The van der Waals surface area contributed by atoms with Crippen molar-refractivity contribution in [2.45, 2.75) is 39.4 Å². The van der Waals surface area contributed by atoms with Crippen LogP contribution in [0.3, 0.4) is 0 Å². The van der Waals surface area contributed by atoms with Gasteiger partial charge in [-0.2, -0.15) is 13.2 Å². The van der Waals surface area contributed by atoms with E-state index < -0.39 is 11.7 Å². The lowest BCUT2D eigenvalue weighted by Gasteiger charge is -2.12. The van der Waals surface area contributed by atoms with E-state index in [1.165, 1.54) is 17.4 Å². The van der Waals surface area contributed by atoms with Crippen molar-refractivity contribution in [2.24, 2.45) is 0 Å². The molecule has 0 aliphatic heterocycles. The Labute approximate surface area is 187 Å². The summed E-state index contributed by atoms with van der Waals surface area (Å²) in [6.45, 7) is 5.53. The van der Waals surface area contributed by atoms with E-state index in [1.54, 1.807) is 36.6 Å². The van der Waals surface area contributed by atoms with Crippen LogP contribution in [-0.4, -0.2) is 22.8 Å². The number of carbonyl (C=O) groups is 2. The molecule has 0 atom stereocenters. The molecule has 2 amide bonds. The summed E-state index contributed by atoms with van der Waals surface area (Å²) in [4.78, 5) is 28.9. The van der Waals surface area contributed by atoms with Gasteiger partial charge < -0.3 is 10.6 Å². The van der Waals surface area contributed by atoms with Crippen LogP contribution >= 0.6 is 11.3 Å². The van der Waals surface area contributed by atoms with Gasteiger partial charge in [0.15, 0.2) is 0 Å². The van der Waals surface area contributed by atoms with Gasteiger partial charge in [0.2, 0.25) is 5.91 Å². The monoisotopic (exact) mass is 461 g/mol. The summed E-state index contributed by atoms with van der Waals surface area (Å²) < 4.78 is 38.8. The zero-order valence-electron chi connectivity index (χ0n) is 17.7. The van der Waals surface area contributed by atoms with Crippen LogP contribution in [0.2, 0.25) is 0 Å². The van der Waals surface area contributed by atoms with Crippen molar-refractivity contribution in [2.75, 3.05) is 5.32 Å². The van der Waals surface area contributed by atoms with Crippen LogP contribution in [0.5, 0.6) is 0 Å². The van der Waals surface area contributed by atoms with E-state index in [9.17, 15) is 22.8 Å². The minimum absolute atomic E-state index is 0.0141. The zero-order valence-corrected chi connectivity index (χ0v) is 18.5. The van der Waals surface area contributed by atoms with Crippen molar-refractivity contribution in [1.29, 1.82) is 0 Å². The van der Waals surface area contributed by atoms with Crippen molar-refractivity contribution in [3.63, 3.8) is 0 Å². The SMILES string of the molecule is Cc1cc(NC(=O)Cc2csc(-c3cccc(C(F)(F)F)c3)n2)ccc1C(=O)NC(C)C. The van der Waals surface area contributed by atoms with Gasteiger partial charge in [-0.3, -0.25) is 9.59 Å². The lowest BCUT2D eigenvalue weighted by atomic mass is 10.1. The van der Waals surface area contributed by atoms with Crippen molar-refractivity contribution in [1.82, 2.24) is 10.3 Å². The van der Waals surface area contributed by atoms with Crippen molar-refractivity contribution in [3.05, 3.63) is 70.2 Å². The highest BCUT2D eigenvalue weighted by Gasteiger charge is 2.30. The predicted octanol–water partition coefficient (Wildman–Crippen LogP) is 5.46. The molecule has 0 radical (unpaired) electrons. The van der Waals surface area contributed by atoms with Gasteiger partial charge >= 0.3 is 6.18 Å². The maximum Gasteiger partial charge on any atom is 0.416 e. The van der Waals surface area contributed by atoms with E-state index in [0.717, 1.165) is 17.7 Å². The number of carbonyl (C=O) groups excluding carboxylic acids is 2. The fraction of sp³-hybridized carbons (Fsp3) is 0.261. The summed E-state index contributed by atoms with van der Waals surface area (Å²) in [6, 6.07) is 9.96. The third-order valence-electron chi connectivity index (χ3n) is 4.50. The smallest absolute Gasteiger partial charge is 0.350 e. The summed E-state index contributed by atoms with van der Waals surface area (Å²) in [5, 5.41) is 7.65. The summed E-state index contributed by atoms with van der Waals surface area (Å²) >= 11 is 1.18. The zero-order chi connectivity index (χ0) is 23.5. The van der Waals surface area contributed by atoms with E-state index >= 15 is 0 Å². The molecule has 0 fully saturated rings. The quantitative estimate of drug-likeness (QED) is 0.512. The molecular formula is C23H22F3N3O2S. The number of anilines is 1. The molecule has 0 saturated carbocycles. The molecule has 3 aromatic rings. The third-order valence-corrected chi connectivity index (χ3v) is 5.45. The molecule has 9 heteroatoms. The van der Waals surface area contributed by atoms with Gasteiger partial charge in [0.05, 0.1) is 17.7 Å². The van der Waals surface area contributed by atoms with Crippen LogP contribution in [0.1, 0.15) is 41.0 Å². The molecule has 168 valence electrons. The molecule has 2 N–H and O–H groups in total. The summed E-state index contributed by atoms with van der Waals surface area (Å²) in [6.07, 6.45) is -4.46. The molecule has 32 heavy (non-hydrogen) atoms. The van der Waals surface area contributed by atoms with Gasteiger partial charge in [-0.05, 0) is 56.7 Å². The number of hydrogen-bond acceptors (Lipinski definition) is 4. The third kappa shape index (κ3) is 5.94. The number of aryl methyl sites for hydroxylation is 1. The van der Waals surface area contributed by atoms with Crippen molar-refractivity contribution in [3.8, 4) is 10.6 Å². The number of halogens is 3. The lowest BCUT2D eigenvalue weighted by Crippen LogP contribution is -2.30. The van der Waals surface area contributed by atoms with Crippen LogP contribution < -0.4 is 10.6 Å². The maximum absolute atomic E-state index is 12.9. The van der Waals surface area contributed by atoms with Crippen LogP contribution in [-0.2, 0) is 17.4 Å². The first-order valence-corrected chi connectivity index (χ1v) is 10.7. The minimum atomic E-state index is -4.43. The number of aromatic nitrogens is 1. The molecule has 0 bridgehead atoms. The summed E-state index contributed by atoms with van der Waals surface area (Å²) in [5.74, 6) is -0.496. The number of alkyl halides is 3. The summed E-state index contributed by atoms with van der Waals surface area (Å²) in [7, 11) is 0. The minimum Gasteiger partial charge on any atom is -0.350 e. The van der Waals surface area contributed by atoms with Gasteiger partial charge in [0.25, 0.3) is 5.91 Å². The van der Waals surface area contributed by atoms with Crippen LogP contribution in [0.4, 0.5) is 18.9 Å². The largest absolute Gasteiger partial charge is 0.416 e. The molecular weight excluding hydrogens is 439 g/mol. The number of hydrogen-bond donors (Lipinski definition) is 2. The van der Waals surface area contributed by atoms with E-state index in [2.05, 4.69) is 15.6 Å². The molecule has 1 aromatic heterocycles. The molecule has 1 heterocycles. The summed E-state index contributed by atoms with van der Waals surface area (Å²) in [5.41, 5.74) is 1.86. The first-order valence-electron chi connectivity index (χ1n) is 9.86. The second-order valence-corrected chi connectivity index (χ2v) is 8.46. The molecule has 0 aliphatic rings. The number of rotatable bonds is 6. The van der Waals surface area contributed by atoms with Crippen molar-refractivity contribution < 1.29 is 22.8 Å². The molecule has 2 aromatic carbocycles. The Morgan fingerprint density at radius 3 is 2.53 bits per heavy atom. The Balaban J connectivity index is 1.66. The lowest BCUT2D eigenvalue weighted by molar-refractivity contribution is -0.137. The first-order chi connectivity index (χ1) is 15.0. The number of benzene rings is 2. The second-order valence-electron chi connectivity index (χ2n) is 7.61. The predicted molar refractivity (Wildman–Crippen MR) is 119 cm³/mol. The van der Waals surface area contributed by atoms with E-state index in [0.29, 0.717) is 27.5 Å². The van der Waals surface area contributed by atoms with Crippen LogP contribution in [0, 0.1) is 6.92 Å². The molecule has 0 unspecified atom stereocenters. The standard InChI is InChI=1S/C23H22F3N3O2S/c1-13(2)27-21(31)19-8-7-17(9-14(19)3)28-20(30)11-18-12-32-22(29-18)15-5-4-6-16(10-15)23(24,25)26/h4-10,12-13H,11H2,1-3H3,(H,27,31)(H,28,30). The molecule has 0 spiro atoms. The number of nitrogens with zero attached hydrogens (tertiary/aromatic N) is 1. The fourth-order valence-electron chi connectivity index (χ4n) is 3.06.